The van der Waals surface area contributed by atoms with E-state index in [2.05, 4.69) is 27.8 Å². The Kier molecular flexibility index (Phi) is 7.19. The summed E-state index contributed by atoms with van der Waals surface area (Å²) >= 11 is 3.27. The van der Waals surface area contributed by atoms with Crippen LogP contribution in [0.3, 0.4) is 0 Å². The van der Waals surface area contributed by atoms with E-state index in [1.165, 1.54) is 16.7 Å². The maximum atomic E-state index is 13.0. The van der Waals surface area contributed by atoms with Crippen LogP contribution in [-0.2, 0) is 11.3 Å². The molecule has 1 aliphatic rings. The van der Waals surface area contributed by atoms with Crippen molar-refractivity contribution in [3.63, 3.8) is 0 Å². The van der Waals surface area contributed by atoms with Gasteiger partial charge in [0.2, 0.25) is 5.91 Å². The van der Waals surface area contributed by atoms with Crippen molar-refractivity contribution in [1.82, 2.24) is 14.8 Å². The zero-order valence-electron chi connectivity index (χ0n) is 17.8. The molecule has 4 rings (SSSR count). The van der Waals surface area contributed by atoms with Crippen molar-refractivity contribution < 1.29 is 9.53 Å². The molecule has 0 spiro atoms. The monoisotopic (exact) mass is 454 g/mol. The van der Waals surface area contributed by atoms with Gasteiger partial charge in [0.1, 0.15) is 5.75 Å². The van der Waals surface area contributed by atoms with Crippen molar-refractivity contribution in [2.24, 2.45) is 0 Å². The molecule has 0 saturated heterocycles. The number of unbranched alkanes of at least 4 members (excludes halogenated alkanes) is 1. The molecule has 0 atom stereocenters. The largest absolute Gasteiger partial charge is 0.497 e. The van der Waals surface area contributed by atoms with E-state index in [0.29, 0.717) is 5.75 Å². The van der Waals surface area contributed by atoms with E-state index < -0.39 is 0 Å². The predicted octanol–water partition coefficient (Wildman–Crippen LogP) is 4.98. The van der Waals surface area contributed by atoms with Crippen LogP contribution >= 0.6 is 23.5 Å². The van der Waals surface area contributed by atoms with Crippen LogP contribution in [0.5, 0.6) is 5.75 Å². The number of hydrogen-bond donors (Lipinski definition) is 0. The van der Waals surface area contributed by atoms with Crippen LogP contribution in [0.2, 0.25) is 0 Å². The number of thioether (sulfide) groups is 2. The van der Waals surface area contributed by atoms with Crippen molar-refractivity contribution in [2.75, 3.05) is 30.1 Å². The van der Waals surface area contributed by atoms with Gasteiger partial charge < -0.3 is 14.2 Å². The molecule has 3 aromatic rings. The second kappa shape index (κ2) is 10.2. The number of carbonyl (C=O) groups excluding carboxylic acids is 1. The molecule has 1 amide bonds. The first kappa shape index (κ1) is 21.8. The van der Waals surface area contributed by atoms with Crippen molar-refractivity contribution in [3.05, 3.63) is 48.5 Å². The van der Waals surface area contributed by atoms with Gasteiger partial charge in [0.25, 0.3) is 0 Å². The van der Waals surface area contributed by atoms with Crippen molar-refractivity contribution in [1.29, 1.82) is 0 Å². The molecule has 162 valence electrons. The highest BCUT2D eigenvalue weighted by atomic mass is 32.2. The smallest absolute Gasteiger partial charge is 0.237 e. The van der Waals surface area contributed by atoms with Crippen molar-refractivity contribution in [2.45, 2.75) is 36.4 Å². The van der Waals surface area contributed by atoms with Crippen LogP contribution in [0, 0.1) is 0 Å². The third-order valence-electron chi connectivity index (χ3n) is 5.15. The number of benzene rings is 2. The minimum absolute atomic E-state index is 0.105. The molecule has 0 radical (unpaired) electrons. The van der Waals surface area contributed by atoms with E-state index in [0.717, 1.165) is 59.7 Å². The topological polar surface area (TPSA) is 60.2 Å². The summed E-state index contributed by atoms with van der Waals surface area (Å²) in [7, 11) is 1.66. The summed E-state index contributed by atoms with van der Waals surface area (Å²) in [4.78, 5) is 16.1. The van der Waals surface area contributed by atoms with E-state index in [4.69, 9.17) is 4.74 Å². The Morgan fingerprint density at radius 3 is 2.74 bits per heavy atom. The molecule has 0 fully saturated rings. The van der Waals surface area contributed by atoms with Gasteiger partial charge in [0, 0.05) is 29.3 Å². The summed E-state index contributed by atoms with van der Waals surface area (Å²) in [6, 6.07) is 15.9. The van der Waals surface area contributed by atoms with Gasteiger partial charge in [-0.05, 0) is 42.8 Å². The van der Waals surface area contributed by atoms with Crippen LogP contribution in [0.25, 0.3) is 11.4 Å². The Labute approximate surface area is 191 Å². The average molecular weight is 455 g/mol. The van der Waals surface area contributed by atoms with E-state index in [-0.39, 0.29) is 5.91 Å². The zero-order chi connectivity index (χ0) is 21.6. The summed E-state index contributed by atoms with van der Waals surface area (Å²) in [6.07, 6.45) is 2.10. The normalized spacial score (nSPS) is 13.2. The van der Waals surface area contributed by atoms with Gasteiger partial charge in [-0.25, -0.2) is 0 Å². The fourth-order valence-electron chi connectivity index (χ4n) is 3.50. The van der Waals surface area contributed by atoms with Crippen molar-refractivity contribution in [3.8, 4) is 17.1 Å². The molecule has 2 aromatic carbocycles. The second-order valence-corrected chi connectivity index (χ2v) is 9.27. The summed E-state index contributed by atoms with van der Waals surface area (Å²) in [6.45, 7) is 3.73. The lowest BCUT2D eigenvalue weighted by Gasteiger charge is -2.28. The second-order valence-electron chi connectivity index (χ2n) is 7.19. The number of methoxy groups -OCH3 is 1. The first-order valence-corrected chi connectivity index (χ1v) is 12.4. The lowest BCUT2D eigenvalue weighted by molar-refractivity contribution is -0.116. The molecule has 0 N–H and O–H groups in total. The summed E-state index contributed by atoms with van der Waals surface area (Å²) in [5, 5.41) is 9.65. The number of amides is 1. The number of rotatable bonds is 8. The molecular weight excluding hydrogens is 428 g/mol. The molecule has 6 nitrogen and oxygen atoms in total. The number of para-hydroxylation sites is 1. The number of aromatic nitrogens is 3. The number of fused-ring (bicyclic) bond motifs is 1. The number of ether oxygens (including phenoxy) is 1. The summed E-state index contributed by atoms with van der Waals surface area (Å²) in [5.41, 5.74) is 2.00. The van der Waals surface area contributed by atoms with Crippen LogP contribution < -0.4 is 9.64 Å². The molecule has 2 heterocycles. The van der Waals surface area contributed by atoms with Gasteiger partial charge in [0.15, 0.2) is 11.0 Å². The standard InChI is InChI=1S/C23H26N4O2S2/c1-3-4-13-27-22(17-9-11-18(29-2)12-10-17)24-25-23(27)31-16-21(28)26-14-15-30-20-8-6-5-7-19(20)26/h5-12H,3-4,13-16H2,1-2H3. The number of anilines is 1. The highest BCUT2D eigenvalue weighted by Crippen LogP contribution is 2.35. The molecule has 0 saturated carbocycles. The van der Waals surface area contributed by atoms with E-state index in [9.17, 15) is 4.79 Å². The fourth-order valence-corrected chi connectivity index (χ4v) is 5.33. The van der Waals surface area contributed by atoms with Gasteiger partial charge in [-0.1, -0.05) is 37.2 Å². The highest BCUT2D eigenvalue weighted by Gasteiger charge is 2.24. The van der Waals surface area contributed by atoms with Crippen LogP contribution in [-0.4, -0.2) is 45.8 Å². The highest BCUT2D eigenvalue weighted by molar-refractivity contribution is 8.00. The number of hydrogen-bond acceptors (Lipinski definition) is 6. The van der Waals surface area contributed by atoms with Crippen LogP contribution in [0.1, 0.15) is 19.8 Å². The summed E-state index contributed by atoms with van der Waals surface area (Å²) < 4.78 is 7.39. The van der Waals surface area contributed by atoms with Gasteiger partial charge in [-0.3, -0.25) is 4.79 Å². The quantitative estimate of drug-likeness (QED) is 0.447. The molecule has 1 aromatic heterocycles. The first-order chi connectivity index (χ1) is 15.2. The lowest BCUT2D eigenvalue weighted by Crippen LogP contribution is -2.36. The molecule has 1 aliphatic heterocycles. The Hall–Kier alpha value is -2.45. The molecular formula is C23H26N4O2S2. The molecule has 8 heteroatoms. The van der Waals surface area contributed by atoms with Crippen LogP contribution in [0.4, 0.5) is 5.69 Å². The summed E-state index contributed by atoms with van der Waals surface area (Å²) in [5.74, 6) is 3.00. The Balaban J connectivity index is 1.51. The van der Waals surface area contributed by atoms with E-state index in [1.807, 2.05) is 47.4 Å². The fraction of sp³-hybridized carbons (Fsp3) is 0.348. The maximum Gasteiger partial charge on any atom is 0.237 e. The minimum Gasteiger partial charge on any atom is -0.497 e. The molecule has 0 aliphatic carbocycles. The third-order valence-corrected chi connectivity index (χ3v) is 7.15. The Morgan fingerprint density at radius 2 is 1.97 bits per heavy atom. The van der Waals surface area contributed by atoms with Gasteiger partial charge in [-0.2, -0.15) is 0 Å². The lowest BCUT2D eigenvalue weighted by atomic mass is 10.2. The molecule has 0 unspecified atom stereocenters. The SMILES string of the molecule is CCCCn1c(SCC(=O)N2CCSc3ccccc32)nnc1-c1ccc(OC)cc1. The zero-order valence-corrected chi connectivity index (χ0v) is 19.4. The maximum absolute atomic E-state index is 13.0. The van der Waals surface area contributed by atoms with E-state index in [1.54, 1.807) is 18.9 Å². The predicted molar refractivity (Wildman–Crippen MR) is 127 cm³/mol. The van der Waals surface area contributed by atoms with Crippen molar-refractivity contribution >= 4 is 35.1 Å². The van der Waals surface area contributed by atoms with Crippen LogP contribution in [0.15, 0.2) is 58.6 Å². The molecule has 0 bridgehead atoms. The number of carbonyl (C=O) groups is 1. The minimum atomic E-state index is 0.105. The van der Waals surface area contributed by atoms with Gasteiger partial charge in [0.05, 0.1) is 18.6 Å². The Morgan fingerprint density at radius 1 is 1.16 bits per heavy atom. The molecule has 31 heavy (non-hydrogen) atoms. The van der Waals surface area contributed by atoms with E-state index >= 15 is 0 Å². The van der Waals surface area contributed by atoms with Gasteiger partial charge in [-0.15, -0.1) is 22.0 Å². The first-order valence-electron chi connectivity index (χ1n) is 10.4. The number of nitrogens with zero attached hydrogens (tertiary/aromatic N) is 4. The van der Waals surface area contributed by atoms with Gasteiger partial charge >= 0.3 is 0 Å². The average Bonchev–Trinajstić information content (AvgIpc) is 3.23. The third kappa shape index (κ3) is 4.91. The Bertz CT molecular complexity index is 1040.